The van der Waals surface area contributed by atoms with Gasteiger partial charge in [-0.25, -0.2) is 4.68 Å². The molecule has 1 atom stereocenters. The second kappa shape index (κ2) is 5.53. The molecule has 0 radical (unpaired) electrons. The molecule has 4 heteroatoms. The quantitative estimate of drug-likeness (QED) is 0.889. The van der Waals surface area contributed by atoms with Crippen molar-refractivity contribution in [2.75, 3.05) is 13.7 Å². The van der Waals surface area contributed by atoms with Gasteiger partial charge in [0.1, 0.15) is 0 Å². The minimum absolute atomic E-state index is 0.231. The third-order valence-electron chi connectivity index (χ3n) is 4.13. The molecule has 2 rings (SSSR count). The highest BCUT2D eigenvalue weighted by atomic mass is 16.5. The van der Waals surface area contributed by atoms with Crippen LogP contribution < -0.4 is 10.1 Å². The summed E-state index contributed by atoms with van der Waals surface area (Å²) in [4.78, 5) is 0. The lowest BCUT2D eigenvalue weighted by atomic mass is 9.82. The average Bonchev–Trinajstić information content (AvgIpc) is 2.85. The fraction of sp³-hybridized carbons (Fsp3) is 0.800. The van der Waals surface area contributed by atoms with Crippen molar-refractivity contribution in [3.63, 3.8) is 0 Å². The van der Waals surface area contributed by atoms with Crippen LogP contribution in [-0.2, 0) is 13.5 Å². The van der Waals surface area contributed by atoms with Crippen LogP contribution in [0.25, 0.3) is 0 Å². The zero-order chi connectivity index (χ0) is 14.0. The Hall–Kier alpha value is -1.03. The highest BCUT2D eigenvalue weighted by Crippen LogP contribution is 2.34. The van der Waals surface area contributed by atoms with E-state index in [-0.39, 0.29) is 5.54 Å². The fourth-order valence-corrected chi connectivity index (χ4v) is 3.53. The van der Waals surface area contributed by atoms with E-state index in [1.165, 1.54) is 24.8 Å². The van der Waals surface area contributed by atoms with E-state index in [4.69, 9.17) is 4.74 Å². The van der Waals surface area contributed by atoms with Crippen molar-refractivity contribution in [2.45, 2.75) is 52.0 Å². The van der Waals surface area contributed by atoms with Crippen molar-refractivity contribution in [1.82, 2.24) is 15.1 Å². The van der Waals surface area contributed by atoms with Crippen LogP contribution in [0.5, 0.6) is 5.88 Å². The number of nitrogens with zero attached hydrogens (tertiary/aromatic N) is 2. The number of nitrogens with one attached hydrogen (secondary N) is 1. The maximum absolute atomic E-state index is 5.53. The van der Waals surface area contributed by atoms with Gasteiger partial charge < -0.3 is 10.1 Å². The number of aromatic nitrogens is 2. The third-order valence-corrected chi connectivity index (χ3v) is 4.13. The van der Waals surface area contributed by atoms with Crippen molar-refractivity contribution in [3.05, 3.63) is 11.3 Å². The maximum Gasteiger partial charge on any atom is 0.214 e. The zero-order valence-electron chi connectivity index (χ0n) is 12.9. The van der Waals surface area contributed by atoms with Gasteiger partial charge in [0.15, 0.2) is 0 Å². The Bertz CT molecular complexity index is 431. The minimum Gasteiger partial charge on any atom is -0.481 e. The predicted octanol–water partition coefficient (Wildman–Crippen LogP) is 2.45. The molecule has 0 aromatic carbocycles. The topological polar surface area (TPSA) is 39.1 Å². The van der Waals surface area contributed by atoms with E-state index < -0.39 is 0 Å². The minimum atomic E-state index is 0.231. The molecule has 0 amide bonds. The van der Waals surface area contributed by atoms with Crippen molar-refractivity contribution in [3.8, 4) is 5.88 Å². The van der Waals surface area contributed by atoms with Gasteiger partial charge in [0.25, 0.3) is 0 Å². The van der Waals surface area contributed by atoms with Gasteiger partial charge in [-0.2, -0.15) is 5.10 Å². The largest absolute Gasteiger partial charge is 0.481 e. The first-order valence-corrected chi connectivity index (χ1v) is 7.29. The van der Waals surface area contributed by atoms with Crippen molar-refractivity contribution in [1.29, 1.82) is 0 Å². The average molecular weight is 265 g/mol. The van der Waals surface area contributed by atoms with E-state index in [2.05, 4.69) is 31.2 Å². The van der Waals surface area contributed by atoms with Crippen molar-refractivity contribution >= 4 is 0 Å². The summed E-state index contributed by atoms with van der Waals surface area (Å²) in [7, 11) is 3.68. The summed E-state index contributed by atoms with van der Waals surface area (Å²) < 4.78 is 7.38. The van der Waals surface area contributed by atoms with Gasteiger partial charge in [-0.1, -0.05) is 13.8 Å². The van der Waals surface area contributed by atoms with Gasteiger partial charge in [-0.15, -0.1) is 0 Å². The molecular formula is C15H27N3O. The smallest absolute Gasteiger partial charge is 0.214 e. The predicted molar refractivity (Wildman–Crippen MR) is 77.6 cm³/mol. The van der Waals surface area contributed by atoms with E-state index in [0.717, 1.165) is 24.5 Å². The van der Waals surface area contributed by atoms with Crippen LogP contribution in [0.1, 0.15) is 44.4 Å². The van der Waals surface area contributed by atoms with Gasteiger partial charge in [-0.3, -0.25) is 0 Å². The second-order valence-electron chi connectivity index (χ2n) is 6.28. The van der Waals surface area contributed by atoms with Gasteiger partial charge in [0.05, 0.1) is 12.8 Å². The normalized spacial score (nSPS) is 23.3. The zero-order valence-corrected chi connectivity index (χ0v) is 12.9. The van der Waals surface area contributed by atoms with Crippen LogP contribution in [0.2, 0.25) is 0 Å². The molecule has 0 bridgehead atoms. The van der Waals surface area contributed by atoms with Crippen LogP contribution in [0, 0.1) is 12.8 Å². The number of rotatable bonds is 5. The van der Waals surface area contributed by atoms with Crippen molar-refractivity contribution in [2.24, 2.45) is 13.0 Å². The Morgan fingerprint density at radius 2 is 2.21 bits per heavy atom. The van der Waals surface area contributed by atoms with E-state index >= 15 is 0 Å². The summed E-state index contributed by atoms with van der Waals surface area (Å²) in [6, 6.07) is 0. The van der Waals surface area contributed by atoms with Crippen molar-refractivity contribution < 1.29 is 4.74 Å². The Labute approximate surface area is 116 Å². The molecule has 1 aliphatic heterocycles. The van der Waals surface area contributed by atoms with Gasteiger partial charge in [0, 0.05) is 18.2 Å². The Morgan fingerprint density at radius 3 is 2.74 bits per heavy atom. The summed E-state index contributed by atoms with van der Waals surface area (Å²) in [6.45, 7) is 7.81. The molecule has 108 valence electrons. The molecule has 1 saturated heterocycles. The number of hydrogen-bond donors (Lipinski definition) is 1. The fourth-order valence-electron chi connectivity index (χ4n) is 3.53. The molecule has 1 N–H and O–H groups in total. The standard InChI is InChI=1S/C15H27N3O/c1-11(2)9-15(7-6-8-16-15)10-13-12(3)17-18(4)14(13)19-5/h11,16H,6-10H2,1-5H3. The first-order valence-electron chi connectivity index (χ1n) is 7.29. The maximum atomic E-state index is 5.53. The molecule has 19 heavy (non-hydrogen) atoms. The molecule has 4 nitrogen and oxygen atoms in total. The second-order valence-corrected chi connectivity index (χ2v) is 6.28. The Kier molecular flexibility index (Phi) is 4.19. The SMILES string of the molecule is COc1c(CC2(CC(C)C)CCCN2)c(C)nn1C. The van der Waals surface area contributed by atoms with E-state index in [9.17, 15) is 0 Å². The lowest BCUT2D eigenvalue weighted by Crippen LogP contribution is -2.43. The number of aryl methyl sites for hydroxylation is 2. The molecule has 1 aliphatic rings. The summed E-state index contributed by atoms with van der Waals surface area (Å²) in [5, 5.41) is 8.24. The first-order chi connectivity index (χ1) is 8.97. The van der Waals surface area contributed by atoms with Crippen LogP contribution in [0.4, 0.5) is 0 Å². The highest BCUT2D eigenvalue weighted by molar-refractivity contribution is 5.33. The lowest BCUT2D eigenvalue weighted by Gasteiger charge is -2.31. The Balaban J connectivity index is 2.27. The summed E-state index contributed by atoms with van der Waals surface area (Å²) in [6.07, 6.45) is 4.76. The van der Waals surface area contributed by atoms with Gasteiger partial charge >= 0.3 is 0 Å². The molecule has 0 spiro atoms. The Morgan fingerprint density at radius 1 is 1.47 bits per heavy atom. The van der Waals surface area contributed by atoms with Crippen LogP contribution in [0.3, 0.4) is 0 Å². The summed E-state index contributed by atoms with van der Waals surface area (Å²) in [5.41, 5.74) is 2.59. The molecule has 2 heterocycles. The van der Waals surface area contributed by atoms with E-state index in [0.29, 0.717) is 5.92 Å². The molecule has 1 aromatic heterocycles. The molecule has 0 aliphatic carbocycles. The summed E-state index contributed by atoms with van der Waals surface area (Å²) in [5.74, 6) is 1.61. The third kappa shape index (κ3) is 2.94. The van der Waals surface area contributed by atoms with Crippen LogP contribution in [-0.4, -0.2) is 29.0 Å². The molecule has 0 saturated carbocycles. The number of hydrogen-bond acceptors (Lipinski definition) is 3. The van der Waals surface area contributed by atoms with Gasteiger partial charge in [-0.05, 0) is 45.1 Å². The lowest BCUT2D eigenvalue weighted by molar-refractivity contribution is 0.294. The molecule has 1 aromatic rings. The number of methoxy groups -OCH3 is 1. The van der Waals surface area contributed by atoms with E-state index in [1.807, 2.05) is 11.7 Å². The number of ether oxygens (including phenoxy) is 1. The first kappa shape index (κ1) is 14.4. The molecule has 1 fully saturated rings. The summed E-state index contributed by atoms with van der Waals surface area (Å²) >= 11 is 0. The molecular weight excluding hydrogens is 238 g/mol. The van der Waals surface area contributed by atoms with Crippen LogP contribution >= 0.6 is 0 Å². The molecule has 1 unspecified atom stereocenters. The monoisotopic (exact) mass is 265 g/mol. The van der Waals surface area contributed by atoms with Crippen LogP contribution in [0.15, 0.2) is 0 Å². The van der Waals surface area contributed by atoms with Gasteiger partial charge in [0.2, 0.25) is 5.88 Å². The highest BCUT2D eigenvalue weighted by Gasteiger charge is 2.36. The van der Waals surface area contributed by atoms with E-state index in [1.54, 1.807) is 7.11 Å².